The predicted octanol–water partition coefficient (Wildman–Crippen LogP) is 3.23. The minimum atomic E-state index is -0.271. The van der Waals surface area contributed by atoms with Gasteiger partial charge in [0.25, 0.3) is 0 Å². The molecule has 0 aliphatic rings. The molecular formula is C15H14FN3O2S. The highest BCUT2D eigenvalue weighted by Crippen LogP contribution is 2.17. The molecular weight excluding hydrogens is 305 g/mol. The number of ether oxygens (including phenoxy) is 1. The van der Waals surface area contributed by atoms with Crippen LogP contribution in [0.25, 0.3) is 0 Å². The smallest absolute Gasteiger partial charge is 0.191 e. The van der Waals surface area contributed by atoms with Crippen LogP contribution in [0.5, 0.6) is 5.75 Å². The standard InChI is InChI=1S/C15H14FN3O2S/c16-12-3-5-13(6-4-12)21-8-9-22-15-18-17-11-19(15)10-14-2-1-7-20-14/h1-7,11H,8-10H2. The third-order valence-electron chi connectivity index (χ3n) is 2.88. The Morgan fingerprint density at radius 3 is 2.86 bits per heavy atom. The van der Waals surface area contributed by atoms with E-state index in [1.807, 2.05) is 16.7 Å². The number of halogens is 1. The molecule has 0 unspecified atom stereocenters. The summed E-state index contributed by atoms with van der Waals surface area (Å²) in [7, 11) is 0. The van der Waals surface area contributed by atoms with Crippen LogP contribution >= 0.6 is 11.8 Å². The van der Waals surface area contributed by atoms with E-state index in [0.29, 0.717) is 24.7 Å². The molecule has 22 heavy (non-hydrogen) atoms. The lowest BCUT2D eigenvalue weighted by molar-refractivity contribution is 0.343. The summed E-state index contributed by atoms with van der Waals surface area (Å²) in [6.07, 6.45) is 3.31. The van der Waals surface area contributed by atoms with Crippen LogP contribution < -0.4 is 4.74 Å². The third kappa shape index (κ3) is 3.88. The van der Waals surface area contributed by atoms with E-state index >= 15 is 0 Å². The number of hydrogen-bond donors (Lipinski definition) is 0. The second-order valence-electron chi connectivity index (χ2n) is 4.47. The Morgan fingerprint density at radius 1 is 1.23 bits per heavy atom. The predicted molar refractivity (Wildman–Crippen MR) is 80.5 cm³/mol. The van der Waals surface area contributed by atoms with Crippen molar-refractivity contribution in [2.75, 3.05) is 12.4 Å². The minimum Gasteiger partial charge on any atom is -0.493 e. The van der Waals surface area contributed by atoms with Gasteiger partial charge in [-0.15, -0.1) is 10.2 Å². The van der Waals surface area contributed by atoms with Crippen molar-refractivity contribution >= 4 is 11.8 Å². The van der Waals surface area contributed by atoms with Crippen molar-refractivity contribution in [3.8, 4) is 5.75 Å². The van der Waals surface area contributed by atoms with Crippen molar-refractivity contribution < 1.29 is 13.5 Å². The van der Waals surface area contributed by atoms with Crippen molar-refractivity contribution in [2.45, 2.75) is 11.7 Å². The zero-order valence-corrected chi connectivity index (χ0v) is 12.5. The SMILES string of the molecule is Fc1ccc(OCCSc2nncn2Cc2ccco2)cc1. The van der Waals surface area contributed by atoms with Crippen molar-refractivity contribution in [2.24, 2.45) is 0 Å². The summed E-state index contributed by atoms with van der Waals surface area (Å²) in [6, 6.07) is 9.73. The maximum atomic E-state index is 12.8. The number of aromatic nitrogens is 3. The number of nitrogens with zero attached hydrogens (tertiary/aromatic N) is 3. The molecule has 0 atom stereocenters. The molecule has 3 rings (SSSR count). The first kappa shape index (κ1) is 14.6. The molecule has 0 aliphatic carbocycles. The number of hydrogen-bond acceptors (Lipinski definition) is 5. The number of benzene rings is 1. The van der Waals surface area contributed by atoms with Gasteiger partial charge in [0, 0.05) is 5.75 Å². The van der Waals surface area contributed by atoms with Gasteiger partial charge in [0.2, 0.25) is 0 Å². The summed E-state index contributed by atoms with van der Waals surface area (Å²) >= 11 is 1.55. The van der Waals surface area contributed by atoms with Crippen LogP contribution in [-0.2, 0) is 6.54 Å². The molecule has 3 aromatic rings. The molecule has 114 valence electrons. The average Bonchev–Trinajstić information content (AvgIpc) is 3.18. The van der Waals surface area contributed by atoms with E-state index in [1.165, 1.54) is 12.1 Å². The summed E-state index contributed by atoms with van der Waals surface area (Å²) in [6.45, 7) is 1.10. The van der Waals surface area contributed by atoms with E-state index in [-0.39, 0.29) is 5.82 Å². The Bertz CT molecular complexity index is 698. The molecule has 5 nitrogen and oxygen atoms in total. The van der Waals surface area contributed by atoms with Gasteiger partial charge in [-0.1, -0.05) is 11.8 Å². The van der Waals surface area contributed by atoms with Gasteiger partial charge in [0.1, 0.15) is 23.7 Å². The molecule has 0 aliphatic heterocycles. The van der Waals surface area contributed by atoms with Crippen LogP contribution in [0.3, 0.4) is 0 Å². The van der Waals surface area contributed by atoms with Gasteiger partial charge in [0.15, 0.2) is 5.16 Å². The Kier molecular flexibility index (Phi) is 4.75. The minimum absolute atomic E-state index is 0.271. The maximum Gasteiger partial charge on any atom is 0.191 e. The van der Waals surface area contributed by atoms with E-state index < -0.39 is 0 Å². The Balaban J connectivity index is 1.48. The summed E-state index contributed by atoms with van der Waals surface area (Å²) in [5.74, 6) is 1.95. The van der Waals surface area contributed by atoms with Crippen molar-refractivity contribution in [1.29, 1.82) is 0 Å². The number of rotatable bonds is 7. The monoisotopic (exact) mass is 319 g/mol. The topological polar surface area (TPSA) is 53.1 Å². The van der Waals surface area contributed by atoms with E-state index in [4.69, 9.17) is 9.15 Å². The van der Waals surface area contributed by atoms with Gasteiger partial charge in [-0.2, -0.15) is 0 Å². The van der Waals surface area contributed by atoms with E-state index in [1.54, 1.807) is 36.5 Å². The average molecular weight is 319 g/mol. The lowest BCUT2D eigenvalue weighted by Gasteiger charge is -2.06. The van der Waals surface area contributed by atoms with Crippen LogP contribution in [0.1, 0.15) is 5.76 Å². The highest BCUT2D eigenvalue weighted by atomic mass is 32.2. The van der Waals surface area contributed by atoms with Crippen molar-refractivity contribution in [3.63, 3.8) is 0 Å². The van der Waals surface area contributed by atoms with Crippen LogP contribution in [0.15, 0.2) is 58.6 Å². The first-order valence-electron chi connectivity index (χ1n) is 6.72. The van der Waals surface area contributed by atoms with E-state index in [2.05, 4.69) is 10.2 Å². The first-order valence-corrected chi connectivity index (χ1v) is 7.71. The van der Waals surface area contributed by atoms with Crippen LogP contribution in [0.2, 0.25) is 0 Å². The van der Waals surface area contributed by atoms with Gasteiger partial charge < -0.3 is 13.7 Å². The number of furan rings is 1. The largest absolute Gasteiger partial charge is 0.493 e. The van der Waals surface area contributed by atoms with Gasteiger partial charge >= 0.3 is 0 Å². The van der Waals surface area contributed by atoms with Gasteiger partial charge in [0.05, 0.1) is 19.4 Å². The quantitative estimate of drug-likeness (QED) is 0.494. The fraction of sp³-hybridized carbons (Fsp3) is 0.200. The molecule has 0 N–H and O–H groups in total. The fourth-order valence-electron chi connectivity index (χ4n) is 1.86. The second-order valence-corrected chi connectivity index (χ2v) is 5.53. The van der Waals surface area contributed by atoms with Crippen molar-refractivity contribution in [1.82, 2.24) is 14.8 Å². The van der Waals surface area contributed by atoms with Crippen LogP contribution in [0.4, 0.5) is 4.39 Å². The normalized spacial score (nSPS) is 10.8. The molecule has 0 saturated heterocycles. The summed E-state index contributed by atoms with van der Waals surface area (Å²) in [4.78, 5) is 0. The summed E-state index contributed by atoms with van der Waals surface area (Å²) < 4.78 is 25.5. The molecule has 0 saturated carbocycles. The lowest BCUT2D eigenvalue weighted by atomic mass is 10.3. The molecule has 0 bridgehead atoms. The summed E-state index contributed by atoms with van der Waals surface area (Å²) in [5.41, 5.74) is 0. The molecule has 0 amide bonds. The number of thioether (sulfide) groups is 1. The van der Waals surface area contributed by atoms with E-state index in [9.17, 15) is 4.39 Å². The molecule has 0 spiro atoms. The second kappa shape index (κ2) is 7.13. The van der Waals surface area contributed by atoms with Crippen molar-refractivity contribution in [3.05, 3.63) is 60.6 Å². The van der Waals surface area contributed by atoms with Crippen LogP contribution in [0, 0.1) is 5.82 Å². The third-order valence-corrected chi connectivity index (χ3v) is 3.83. The first-order chi connectivity index (χ1) is 10.8. The van der Waals surface area contributed by atoms with Gasteiger partial charge in [-0.05, 0) is 36.4 Å². The van der Waals surface area contributed by atoms with Crippen LogP contribution in [-0.4, -0.2) is 27.1 Å². The highest BCUT2D eigenvalue weighted by molar-refractivity contribution is 7.99. The maximum absolute atomic E-state index is 12.8. The summed E-state index contributed by atoms with van der Waals surface area (Å²) in [5, 5.41) is 8.80. The zero-order valence-electron chi connectivity index (χ0n) is 11.7. The molecule has 1 aromatic carbocycles. The van der Waals surface area contributed by atoms with Gasteiger partial charge in [-0.3, -0.25) is 0 Å². The molecule has 2 aromatic heterocycles. The fourth-order valence-corrected chi connectivity index (χ4v) is 2.59. The molecule has 0 fully saturated rings. The Hall–Kier alpha value is -2.28. The molecule has 7 heteroatoms. The highest BCUT2D eigenvalue weighted by Gasteiger charge is 2.07. The lowest BCUT2D eigenvalue weighted by Crippen LogP contribution is -2.03. The molecule has 0 radical (unpaired) electrons. The Morgan fingerprint density at radius 2 is 2.09 bits per heavy atom. The Labute approximate surface area is 131 Å². The zero-order chi connectivity index (χ0) is 15.2. The van der Waals surface area contributed by atoms with E-state index in [0.717, 1.165) is 10.9 Å². The molecule has 2 heterocycles. The van der Waals surface area contributed by atoms with Gasteiger partial charge in [-0.25, -0.2) is 4.39 Å².